The number of aromatic hydroxyl groups is 2. The smallest absolute Gasteiger partial charge is 0.246 e. The molecular weight excluding hydrogens is 484 g/mol. The van der Waals surface area contributed by atoms with Crippen molar-refractivity contribution in [3.8, 4) is 17.2 Å². The zero-order valence-electron chi connectivity index (χ0n) is 21.5. The number of nitrogens with zero attached hydrogens (tertiary/aromatic N) is 2. The number of amides is 1. The zero-order valence-corrected chi connectivity index (χ0v) is 21.5. The van der Waals surface area contributed by atoms with E-state index in [0.29, 0.717) is 36.5 Å². The van der Waals surface area contributed by atoms with E-state index in [0.717, 1.165) is 24.2 Å². The highest BCUT2D eigenvalue weighted by Crippen LogP contribution is 2.67. The molecule has 0 radical (unpaired) electrons. The lowest BCUT2D eigenvalue weighted by Crippen LogP contribution is -2.79. The minimum atomic E-state index is -1.24. The van der Waals surface area contributed by atoms with Crippen LogP contribution >= 0.6 is 0 Å². The van der Waals surface area contributed by atoms with E-state index in [1.165, 1.54) is 18.9 Å². The van der Waals surface area contributed by atoms with Gasteiger partial charge in [0.15, 0.2) is 11.5 Å². The molecule has 1 spiro atoms. The third-order valence-corrected chi connectivity index (χ3v) is 9.91. The van der Waals surface area contributed by atoms with Gasteiger partial charge in [0.1, 0.15) is 11.9 Å². The minimum absolute atomic E-state index is 0.00237. The summed E-state index contributed by atoms with van der Waals surface area (Å²) in [7, 11) is 1.76. The molecule has 1 amide bonds. The first-order valence-electron chi connectivity index (χ1n) is 13.7. The number of phenols is 2. The highest BCUT2D eigenvalue weighted by Gasteiger charge is 2.75. The van der Waals surface area contributed by atoms with Crippen LogP contribution in [-0.4, -0.2) is 80.1 Å². The molecule has 5 aliphatic rings. The largest absolute Gasteiger partial charge is 0.508 e. The van der Waals surface area contributed by atoms with Crippen LogP contribution in [-0.2, 0) is 10.2 Å². The van der Waals surface area contributed by atoms with Gasteiger partial charge in [-0.15, -0.1) is 0 Å². The maximum atomic E-state index is 13.3. The molecule has 2 aromatic rings. The highest BCUT2D eigenvalue weighted by molar-refractivity contribution is 5.92. The van der Waals surface area contributed by atoms with E-state index in [1.807, 2.05) is 6.07 Å². The zero-order chi connectivity index (χ0) is 26.4. The van der Waals surface area contributed by atoms with Crippen LogP contribution in [0.5, 0.6) is 17.2 Å². The molecule has 6 atom stereocenters. The lowest BCUT2D eigenvalue weighted by molar-refractivity contribution is -0.223. The molecule has 0 unspecified atom stereocenters. The van der Waals surface area contributed by atoms with Gasteiger partial charge in [0.05, 0.1) is 29.2 Å². The minimum Gasteiger partial charge on any atom is -0.508 e. The van der Waals surface area contributed by atoms with E-state index < -0.39 is 29.3 Å². The molecule has 3 fully saturated rings. The second-order valence-electron chi connectivity index (χ2n) is 11.9. The molecule has 2 aliphatic heterocycles. The summed E-state index contributed by atoms with van der Waals surface area (Å²) >= 11 is 0. The van der Waals surface area contributed by atoms with E-state index in [2.05, 4.69) is 4.90 Å². The van der Waals surface area contributed by atoms with E-state index >= 15 is 0 Å². The Kier molecular flexibility index (Phi) is 5.19. The molecule has 7 rings (SSSR count). The number of likely N-dealkylation sites (N-methyl/N-ethyl adjacent to an activating group) is 1. The molecule has 0 aromatic heterocycles. The van der Waals surface area contributed by atoms with Crippen LogP contribution < -0.4 is 4.74 Å². The third-order valence-electron chi connectivity index (χ3n) is 9.91. The van der Waals surface area contributed by atoms with Crippen molar-refractivity contribution in [3.63, 3.8) is 0 Å². The normalized spacial score (nSPS) is 35.1. The second kappa shape index (κ2) is 8.21. The Morgan fingerprint density at radius 2 is 2.00 bits per heavy atom. The average Bonchev–Trinajstić information content (AvgIpc) is 3.64. The first-order valence-corrected chi connectivity index (χ1v) is 13.7. The number of aliphatic hydroxyl groups excluding tert-OH is 1. The molecule has 8 heteroatoms. The van der Waals surface area contributed by atoms with Crippen LogP contribution in [0, 0.1) is 5.92 Å². The number of piperidine rings is 1. The van der Waals surface area contributed by atoms with Crippen molar-refractivity contribution < 1.29 is 30.0 Å². The molecule has 2 aromatic carbocycles. The summed E-state index contributed by atoms with van der Waals surface area (Å²) in [5.41, 5.74) is 0.0880. The summed E-state index contributed by atoms with van der Waals surface area (Å²) < 4.78 is 6.52. The maximum Gasteiger partial charge on any atom is 0.246 e. The van der Waals surface area contributed by atoms with Crippen molar-refractivity contribution in [3.05, 3.63) is 59.2 Å². The summed E-state index contributed by atoms with van der Waals surface area (Å²) in [4.78, 5) is 17.3. The van der Waals surface area contributed by atoms with Gasteiger partial charge in [-0.3, -0.25) is 9.69 Å². The second-order valence-corrected chi connectivity index (χ2v) is 11.9. The number of aliphatic hydroxyl groups is 2. The fraction of sp³-hybridized carbons (Fsp3) is 0.500. The van der Waals surface area contributed by atoms with E-state index in [9.17, 15) is 25.2 Å². The Hall–Kier alpha value is -3.07. The fourth-order valence-electron chi connectivity index (χ4n) is 7.99. The van der Waals surface area contributed by atoms with Crippen molar-refractivity contribution in [2.75, 3.05) is 20.1 Å². The van der Waals surface area contributed by atoms with Gasteiger partial charge in [0, 0.05) is 25.2 Å². The number of ether oxygens (including phenoxy) is 1. The number of hydrogen-bond donors (Lipinski definition) is 4. The van der Waals surface area contributed by atoms with E-state index in [4.69, 9.17) is 4.74 Å². The summed E-state index contributed by atoms with van der Waals surface area (Å²) in [5, 5.41) is 44.8. The number of likely N-dealkylation sites (tertiary alicyclic amines) is 1. The quantitative estimate of drug-likeness (QED) is 0.450. The van der Waals surface area contributed by atoms with Crippen molar-refractivity contribution in [2.24, 2.45) is 5.92 Å². The van der Waals surface area contributed by atoms with Gasteiger partial charge in [-0.1, -0.05) is 18.2 Å². The molecular formula is C30H34N2O6. The Bertz CT molecular complexity index is 1340. The van der Waals surface area contributed by atoms with E-state index in [-0.39, 0.29) is 23.4 Å². The lowest BCUT2D eigenvalue weighted by Gasteiger charge is -2.65. The fourth-order valence-corrected chi connectivity index (χ4v) is 7.99. The van der Waals surface area contributed by atoms with Crippen LogP contribution in [0.2, 0.25) is 0 Å². The molecule has 4 N–H and O–H groups in total. The Morgan fingerprint density at radius 1 is 1.18 bits per heavy atom. The van der Waals surface area contributed by atoms with Crippen LogP contribution in [0.3, 0.4) is 0 Å². The molecule has 200 valence electrons. The van der Waals surface area contributed by atoms with Gasteiger partial charge in [0.2, 0.25) is 5.91 Å². The topological polar surface area (TPSA) is 114 Å². The number of benzene rings is 2. The van der Waals surface area contributed by atoms with Crippen LogP contribution in [0.15, 0.2) is 42.5 Å². The van der Waals surface area contributed by atoms with E-state index in [1.54, 1.807) is 48.4 Å². The third kappa shape index (κ3) is 3.17. The van der Waals surface area contributed by atoms with Crippen molar-refractivity contribution in [1.29, 1.82) is 0 Å². The van der Waals surface area contributed by atoms with Gasteiger partial charge < -0.3 is 30.1 Å². The molecule has 3 aliphatic carbocycles. The number of carbonyl (C=O) groups excluding carboxylic acids is 1. The van der Waals surface area contributed by atoms with Gasteiger partial charge >= 0.3 is 0 Å². The Balaban J connectivity index is 1.27. The molecule has 2 bridgehead atoms. The predicted molar refractivity (Wildman–Crippen MR) is 140 cm³/mol. The number of rotatable bonds is 5. The first-order chi connectivity index (χ1) is 18.2. The standard InChI is InChI=1S/C30H34N2O6/c1-31(23(35)10-7-17-3-2-4-19(33)15-17)21-11-12-30(37)27-25(36)20-8-9-22(34)26-24(20)29(30,28(21)38-26)13-14-32(27)16-18-5-6-18/h2-4,7-10,15,18,21,25,27-28,33-34,36-37H,5-6,11-14,16H2,1H3/b10-7+/t21-,25+,27-,28+,29+,30-/m1/s1. The number of hydrogen-bond acceptors (Lipinski definition) is 7. The monoisotopic (exact) mass is 518 g/mol. The summed E-state index contributed by atoms with van der Waals surface area (Å²) in [6, 6.07) is 9.26. The average molecular weight is 519 g/mol. The summed E-state index contributed by atoms with van der Waals surface area (Å²) in [6.07, 6.45) is 5.67. The van der Waals surface area contributed by atoms with Gasteiger partial charge in [0.25, 0.3) is 0 Å². The van der Waals surface area contributed by atoms with Crippen LogP contribution in [0.25, 0.3) is 6.08 Å². The molecule has 8 nitrogen and oxygen atoms in total. The van der Waals surface area contributed by atoms with Crippen LogP contribution in [0.1, 0.15) is 54.9 Å². The van der Waals surface area contributed by atoms with Crippen molar-refractivity contribution in [1.82, 2.24) is 9.80 Å². The first kappa shape index (κ1) is 24.0. The van der Waals surface area contributed by atoms with Crippen molar-refractivity contribution in [2.45, 2.75) is 67.4 Å². The Labute approximate surface area is 221 Å². The molecule has 2 saturated carbocycles. The summed E-state index contributed by atoms with van der Waals surface area (Å²) in [5.74, 6) is 0.876. The van der Waals surface area contributed by atoms with Gasteiger partial charge in [-0.2, -0.15) is 0 Å². The van der Waals surface area contributed by atoms with Crippen LogP contribution in [0.4, 0.5) is 0 Å². The molecule has 1 saturated heterocycles. The molecule has 38 heavy (non-hydrogen) atoms. The predicted octanol–water partition coefficient (Wildman–Crippen LogP) is 2.69. The van der Waals surface area contributed by atoms with Gasteiger partial charge in [-0.25, -0.2) is 0 Å². The SMILES string of the molecule is CN(C(=O)/C=C/c1cccc(O)c1)[C@@H]1CC[C@@]2(O)[C@H]3[C@@H](O)c4ccc(O)c5c4[C@@]2(CCN3CC2CC2)[C@H]1O5. The number of phenolic OH excluding ortho intramolecular Hbond substituents is 2. The van der Waals surface area contributed by atoms with Gasteiger partial charge in [-0.05, 0) is 80.0 Å². The molecule has 2 heterocycles. The lowest BCUT2D eigenvalue weighted by atomic mass is 9.47. The summed E-state index contributed by atoms with van der Waals surface area (Å²) in [6.45, 7) is 1.59. The highest BCUT2D eigenvalue weighted by atomic mass is 16.5. The maximum absolute atomic E-state index is 13.3. The number of carbonyl (C=O) groups is 1. The Morgan fingerprint density at radius 3 is 2.76 bits per heavy atom. The van der Waals surface area contributed by atoms with Crippen molar-refractivity contribution >= 4 is 12.0 Å².